The Balaban J connectivity index is 1.63. The first-order valence-corrected chi connectivity index (χ1v) is 16.1. The summed E-state index contributed by atoms with van der Waals surface area (Å²) < 4.78 is 6.06. The standard InChI is InChI=1S/C35H56O6/c1-10-20(2)29(40)41-28-27(39)30(3,4)17-22-21-11-12-24-32(7)15-14-25(37)31(5,6)23(32)13-16-33(24,8)34(21,9)18-26(38)35(22,28)19-36/h10-11,22-28,36-39H,12-19H2,1-9H3/b20-10+/t22?,23-,24?,25?,26+,27?,28-,32?,33?,34+,35?/m0/s1. The number of hydrogen-bond donors (Lipinski definition) is 4. The molecule has 0 heterocycles. The van der Waals surface area contributed by atoms with Crippen LogP contribution in [0.1, 0.15) is 107 Å². The number of esters is 1. The number of fused-ring (bicyclic) bond motifs is 7. The summed E-state index contributed by atoms with van der Waals surface area (Å²) in [7, 11) is 0. The van der Waals surface area contributed by atoms with Crippen molar-refractivity contribution in [3.63, 3.8) is 0 Å². The van der Waals surface area contributed by atoms with Gasteiger partial charge in [-0.1, -0.05) is 66.2 Å². The molecule has 4 saturated carbocycles. The number of hydrogen-bond acceptors (Lipinski definition) is 6. The molecule has 0 aromatic heterocycles. The molecule has 5 rings (SSSR count). The smallest absolute Gasteiger partial charge is 0.333 e. The Morgan fingerprint density at radius 1 is 0.976 bits per heavy atom. The molecule has 232 valence electrons. The van der Waals surface area contributed by atoms with Gasteiger partial charge in [0.2, 0.25) is 0 Å². The van der Waals surface area contributed by atoms with Gasteiger partial charge in [0.15, 0.2) is 0 Å². The van der Waals surface area contributed by atoms with Gasteiger partial charge in [0.05, 0.1) is 30.3 Å². The van der Waals surface area contributed by atoms with E-state index in [2.05, 4.69) is 40.7 Å². The molecule has 11 atom stereocenters. The molecule has 5 aliphatic carbocycles. The average molecular weight is 573 g/mol. The Bertz CT molecular complexity index is 1140. The van der Waals surface area contributed by atoms with Crippen molar-refractivity contribution in [1.82, 2.24) is 0 Å². The van der Waals surface area contributed by atoms with E-state index in [0.29, 0.717) is 30.3 Å². The van der Waals surface area contributed by atoms with Crippen LogP contribution >= 0.6 is 0 Å². The molecule has 41 heavy (non-hydrogen) atoms. The summed E-state index contributed by atoms with van der Waals surface area (Å²) in [5, 5.41) is 46.0. The zero-order valence-electron chi connectivity index (χ0n) is 27.0. The molecule has 0 aliphatic heterocycles. The van der Waals surface area contributed by atoms with Crippen molar-refractivity contribution in [2.75, 3.05) is 6.61 Å². The number of rotatable bonds is 3. The molecule has 5 aliphatic rings. The highest BCUT2D eigenvalue weighted by molar-refractivity contribution is 5.87. The van der Waals surface area contributed by atoms with Gasteiger partial charge < -0.3 is 25.2 Å². The Hall–Kier alpha value is -1.21. The normalized spacial score (nSPS) is 50.4. The highest BCUT2D eigenvalue weighted by Gasteiger charge is 2.72. The topological polar surface area (TPSA) is 107 Å². The van der Waals surface area contributed by atoms with Gasteiger partial charge in [-0.2, -0.15) is 0 Å². The molecular weight excluding hydrogens is 516 g/mol. The quantitative estimate of drug-likeness (QED) is 0.200. The lowest BCUT2D eigenvalue weighted by atomic mass is 9.33. The van der Waals surface area contributed by atoms with Crippen molar-refractivity contribution in [2.45, 2.75) is 132 Å². The van der Waals surface area contributed by atoms with Gasteiger partial charge in [0, 0.05) is 5.57 Å². The van der Waals surface area contributed by atoms with Crippen molar-refractivity contribution in [3.8, 4) is 0 Å². The summed E-state index contributed by atoms with van der Waals surface area (Å²) in [6, 6.07) is 0. The van der Waals surface area contributed by atoms with E-state index in [0.717, 1.165) is 32.1 Å². The van der Waals surface area contributed by atoms with Crippen LogP contribution in [0, 0.1) is 50.2 Å². The van der Waals surface area contributed by atoms with Crippen LogP contribution in [0.5, 0.6) is 0 Å². The molecule has 4 N–H and O–H groups in total. The minimum Gasteiger partial charge on any atom is -0.455 e. The maximum Gasteiger partial charge on any atom is 0.333 e. The van der Waals surface area contributed by atoms with Crippen molar-refractivity contribution in [2.24, 2.45) is 50.2 Å². The molecule has 6 heteroatoms. The molecular formula is C35H56O6. The van der Waals surface area contributed by atoms with E-state index in [1.165, 1.54) is 5.57 Å². The van der Waals surface area contributed by atoms with Gasteiger partial charge in [0.25, 0.3) is 0 Å². The van der Waals surface area contributed by atoms with Crippen molar-refractivity contribution < 1.29 is 30.0 Å². The third-order valence-electron chi connectivity index (χ3n) is 14.4. The minimum absolute atomic E-state index is 0.0722. The summed E-state index contributed by atoms with van der Waals surface area (Å²) in [5.74, 6) is 0.106. The molecule has 0 saturated heterocycles. The van der Waals surface area contributed by atoms with Crippen molar-refractivity contribution >= 4 is 5.97 Å². The van der Waals surface area contributed by atoms with Crippen LogP contribution in [0.25, 0.3) is 0 Å². The Kier molecular flexibility index (Phi) is 7.34. The molecule has 0 radical (unpaired) electrons. The average Bonchev–Trinajstić information content (AvgIpc) is 2.89. The van der Waals surface area contributed by atoms with E-state index < -0.39 is 35.1 Å². The van der Waals surface area contributed by atoms with Crippen molar-refractivity contribution in [3.05, 3.63) is 23.3 Å². The summed E-state index contributed by atoms with van der Waals surface area (Å²) in [5.41, 5.74) is -0.470. The van der Waals surface area contributed by atoms with E-state index in [1.54, 1.807) is 19.9 Å². The second kappa shape index (κ2) is 9.64. The highest BCUT2D eigenvalue weighted by atomic mass is 16.6. The van der Waals surface area contributed by atoms with Crippen LogP contribution < -0.4 is 0 Å². The SMILES string of the molecule is C/C=C(\C)C(=O)O[C@H]1C(O)C(C)(C)CC2C3=CCC4C5(C)CCC(O)C(C)(C)[C@@H]5CCC4(C)[C@]3(C)C[C@@H](O)C21CO. The Labute approximate surface area is 247 Å². The predicted octanol–water partition coefficient (Wildman–Crippen LogP) is 5.57. The van der Waals surface area contributed by atoms with E-state index in [-0.39, 0.29) is 40.3 Å². The van der Waals surface area contributed by atoms with E-state index in [9.17, 15) is 25.2 Å². The first kappa shape index (κ1) is 31.2. The summed E-state index contributed by atoms with van der Waals surface area (Å²) in [6.45, 7) is 18.9. The summed E-state index contributed by atoms with van der Waals surface area (Å²) >= 11 is 0. The van der Waals surface area contributed by atoms with Gasteiger partial charge in [-0.3, -0.25) is 0 Å². The number of allylic oxidation sites excluding steroid dienone is 3. The fraction of sp³-hybridized carbons (Fsp3) is 0.857. The van der Waals surface area contributed by atoms with Gasteiger partial charge in [-0.15, -0.1) is 0 Å². The van der Waals surface area contributed by atoms with Gasteiger partial charge >= 0.3 is 5.97 Å². The van der Waals surface area contributed by atoms with E-state index >= 15 is 0 Å². The lowest BCUT2D eigenvalue weighted by Gasteiger charge is -2.72. The molecule has 0 aromatic carbocycles. The number of carbonyl (C=O) groups excluding carboxylic acids is 1. The summed E-state index contributed by atoms with van der Waals surface area (Å²) in [4.78, 5) is 13.1. The second-order valence-electron chi connectivity index (χ2n) is 16.6. The van der Waals surface area contributed by atoms with Crippen LogP contribution in [0.15, 0.2) is 23.3 Å². The minimum atomic E-state index is -1.18. The van der Waals surface area contributed by atoms with E-state index in [4.69, 9.17) is 4.74 Å². The van der Waals surface area contributed by atoms with Crippen LogP contribution in [0.3, 0.4) is 0 Å². The molecule has 0 amide bonds. The van der Waals surface area contributed by atoms with Crippen LogP contribution in [0.2, 0.25) is 0 Å². The van der Waals surface area contributed by atoms with Crippen LogP contribution in [0.4, 0.5) is 0 Å². The Morgan fingerprint density at radius 3 is 2.24 bits per heavy atom. The van der Waals surface area contributed by atoms with Gasteiger partial charge in [0.1, 0.15) is 6.10 Å². The molecule has 4 fully saturated rings. The number of aliphatic hydroxyl groups excluding tert-OH is 4. The lowest BCUT2D eigenvalue weighted by Crippen LogP contribution is -2.72. The number of aliphatic hydroxyl groups is 4. The molecule has 6 nitrogen and oxygen atoms in total. The second-order valence-corrected chi connectivity index (χ2v) is 16.6. The monoisotopic (exact) mass is 572 g/mol. The van der Waals surface area contributed by atoms with Crippen molar-refractivity contribution in [1.29, 1.82) is 0 Å². The Morgan fingerprint density at radius 2 is 1.63 bits per heavy atom. The largest absolute Gasteiger partial charge is 0.455 e. The fourth-order valence-electron chi connectivity index (χ4n) is 11.4. The molecule has 0 bridgehead atoms. The maximum absolute atomic E-state index is 13.1. The molecule has 0 aromatic rings. The third kappa shape index (κ3) is 3.92. The number of ether oxygens (including phenoxy) is 1. The van der Waals surface area contributed by atoms with Crippen LogP contribution in [-0.2, 0) is 9.53 Å². The first-order chi connectivity index (χ1) is 18.9. The number of carbonyl (C=O) groups is 1. The molecule has 7 unspecified atom stereocenters. The fourth-order valence-corrected chi connectivity index (χ4v) is 11.4. The third-order valence-corrected chi connectivity index (χ3v) is 14.4. The summed E-state index contributed by atoms with van der Waals surface area (Å²) in [6.07, 6.45) is 6.74. The lowest BCUT2D eigenvalue weighted by molar-refractivity contribution is -0.262. The van der Waals surface area contributed by atoms with Gasteiger partial charge in [-0.25, -0.2) is 4.79 Å². The van der Waals surface area contributed by atoms with E-state index in [1.807, 2.05) is 13.8 Å². The maximum atomic E-state index is 13.1. The zero-order chi connectivity index (χ0) is 30.6. The van der Waals surface area contributed by atoms with Gasteiger partial charge in [-0.05, 0) is 104 Å². The predicted molar refractivity (Wildman–Crippen MR) is 160 cm³/mol. The molecule has 0 spiro atoms. The highest BCUT2D eigenvalue weighted by Crippen LogP contribution is 2.75. The zero-order valence-corrected chi connectivity index (χ0v) is 27.0. The van der Waals surface area contributed by atoms with Crippen LogP contribution in [-0.4, -0.2) is 57.4 Å². The first-order valence-electron chi connectivity index (χ1n) is 16.1.